The van der Waals surface area contributed by atoms with Crippen LogP contribution in [0.5, 0.6) is 5.75 Å². The summed E-state index contributed by atoms with van der Waals surface area (Å²) in [6, 6.07) is 12.8. The number of allylic oxidation sites excluding steroid dienone is 2. The second-order valence-electron chi connectivity index (χ2n) is 6.86. The summed E-state index contributed by atoms with van der Waals surface area (Å²) in [6.07, 6.45) is -0.357. The third-order valence-electron chi connectivity index (χ3n) is 4.99. The number of methoxy groups -OCH3 is 1. The second kappa shape index (κ2) is 9.88. The topological polar surface area (TPSA) is 121 Å². The van der Waals surface area contributed by atoms with Crippen LogP contribution >= 0.6 is 0 Å². The number of hydrogen-bond donors (Lipinski definition) is 1. The van der Waals surface area contributed by atoms with Crippen LogP contribution in [-0.2, 0) is 23.8 Å². The highest BCUT2D eigenvalue weighted by atomic mass is 16.5. The molecule has 32 heavy (non-hydrogen) atoms. The number of ether oxygens (including phenoxy) is 4. The highest BCUT2D eigenvalue weighted by Crippen LogP contribution is 2.40. The van der Waals surface area contributed by atoms with E-state index in [1.807, 2.05) is 30.3 Å². The van der Waals surface area contributed by atoms with Crippen LogP contribution in [0.1, 0.15) is 31.7 Å². The summed E-state index contributed by atoms with van der Waals surface area (Å²) in [6.45, 7) is 3.68. The number of carbonyl (C=O) groups excluding carboxylic acids is 2. The Hall–Kier alpha value is -3.99. The maximum absolute atomic E-state index is 13.7. The van der Waals surface area contributed by atoms with Crippen LogP contribution in [0.4, 0.5) is 0 Å². The molecular formula is C24H24N2O6. The fourth-order valence-electron chi connectivity index (χ4n) is 3.67. The van der Waals surface area contributed by atoms with Gasteiger partial charge in [-0.1, -0.05) is 30.3 Å². The van der Waals surface area contributed by atoms with Crippen LogP contribution in [0.2, 0.25) is 0 Å². The molecule has 2 aromatic carbocycles. The molecule has 0 bridgehead atoms. The van der Waals surface area contributed by atoms with Gasteiger partial charge in [-0.25, -0.2) is 0 Å². The maximum atomic E-state index is 13.7. The average Bonchev–Trinajstić information content (AvgIpc) is 2.88. The van der Waals surface area contributed by atoms with Gasteiger partial charge in [-0.05, 0) is 30.9 Å². The van der Waals surface area contributed by atoms with Gasteiger partial charge in [0.05, 0.1) is 26.2 Å². The standard InChI is InChI=1S/C24H24N2O6/c1-4-30-20(27)12-19-23(31-5-2)22(28)21(17(13-25)24(26)32-19)16-10-11-18(29-3)15-9-7-6-8-14(15)16/h6-11,21H,4-5,12,26H2,1-3H3. The van der Waals surface area contributed by atoms with Crippen molar-refractivity contribution < 1.29 is 28.5 Å². The van der Waals surface area contributed by atoms with Crippen LogP contribution in [0.15, 0.2) is 59.4 Å². The second-order valence-corrected chi connectivity index (χ2v) is 6.86. The lowest BCUT2D eigenvalue weighted by atomic mass is 9.84. The highest BCUT2D eigenvalue weighted by Gasteiger charge is 2.38. The zero-order chi connectivity index (χ0) is 23.3. The van der Waals surface area contributed by atoms with E-state index in [4.69, 9.17) is 24.7 Å². The highest BCUT2D eigenvalue weighted by molar-refractivity contribution is 6.06. The van der Waals surface area contributed by atoms with Crippen molar-refractivity contribution in [3.05, 3.63) is 64.9 Å². The number of nitriles is 1. The summed E-state index contributed by atoms with van der Waals surface area (Å²) in [4.78, 5) is 25.8. The lowest BCUT2D eigenvalue weighted by molar-refractivity contribution is -0.143. The number of esters is 1. The number of rotatable bonds is 7. The summed E-state index contributed by atoms with van der Waals surface area (Å²) in [5, 5.41) is 11.4. The molecular weight excluding hydrogens is 412 g/mol. The summed E-state index contributed by atoms with van der Waals surface area (Å²) < 4.78 is 21.6. The van der Waals surface area contributed by atoms with Gasteiger partial charge in [0.1, 0.15) is 23.8 Å². The van der Waals surface area contributed by atoms with Crippen molar-refractivity contribution >= 4 is 22.5 Å². The van der Waals surface area contributed by atoms with Crippen molar-refractivity contribution in [2.75, 3.05) is 20.3 Å². The monoisotopic (exact) mass is 436 g/mol. The minimum Gasteiger partial charge on any atom is -0.496 e. The normalized spacial score (nSPS) is 16.3. The van der Waals surface area contributed by atoms with Gasteiger partial charge in [0, 0.05) is 5.39 Å². The molecule has 1 aliphatic rings. The van der Waals surface area contributed by atoms with Crippen molar-refractivity contribution in [3.63, 3.8) is 0 Å². The Morgan fingerprint density at radius 1 is 1.16 bits per heavy atom. The first kappa shape index (κ1) is 22.7. The van der Waals surface area contributed by atoms with E-state index >= 15 is 0 Å². The molecule has 1 atom stereocenters. The summed E-state index contributed by atoms with van der Waals surface area (Å²) in [5.74, 6) is -2.09. The molecule has 0 spiro atoms. The number of nitrogens with two attached hydrogens (primary N) is 1. The fourth-order valence-corrected chi connectivity index (χ4v) is 3.67. The molecule has 1 aliphatic heterocycles. The molecule has 0 aliphatic carbocycles. The zero-order valence-corrected chi connectivity index (χ0v) is 18.1. The zero-order valence-electron chi connectivity index (χ0n) is 18.1. The molecule has 1 unspecified atom stereocenters. The number of nitrogens with zero attached hydrogens (tertiary/aromatic N) is 1. The Balaban J connectivity index is 2.24. The minimum atomic E-state index is -1.09. The van der Waals surface area contributed by atoms with Crippen LogP contribution in [-0.4, -0.2) is 32.1 Å². The molecule has 0 saturated carbocycles. The van der Waals surface area contributed by atoms with Gasteiger partial charge in [-0.3, -0.25) is 9.59 Å². The third kappa shape index (κ3) is 4.23. The minimum absolute atomic E-state index is 0.0682. The first-order chi connectivity index (χ1) is 15.5. The molecule has 8 nitrogen and oxygen atoms in total. The molecule has 2 aromatic rings. The number of ketones is 1. The Bertz CT molecular complexity index is 1160. The van der Waals surface area contributed by atoms with E-state index in [2.05, 4.69) is 0 Å². The Morgan fingerprint density at radius 3 is 2.50 bits per heavy atom. The van der Waals surface area contributed by atoms with Crippen LogP contribution in [0.3, 0.4) is 0 Å². The van der Waals surface area contributed by atoms with Gasteiger partial charge in [0.25, 0.3) is 0 Å². The van der Waals surface area contributed by atoms with E-state index in [1.54, 1.807) is 33.1 Å². The van der Waals surface area contributed by atoms with Gasteiger partial charge < -0.3 is 24.7 Å². The first-order valence-electron chi connectivity index (χ1n) is 10.2. The lowest BCUT2D eigenvalue weighted by Gasteiger charge is -2.19. The molecule has 2 N–H and O–H groups in total. The third-order valence-corrected chi connectivity index (χ3v) is 4.99. The van der Waals surface area contributed by atoms with E-state index in [0.717, 1.165) is 10.8 Å². The Kier molecular flexibility index (Phi) is 7.00. The van der Waals surface area contributed by atoms with Crippen molar-refractivity contribution in [1.29, 1.82) is 5.26 Å². The van der Waals surface area contributed by atoms with Gasteiger partial charge in [-0.2, -0.15) is 5.26 Å². The number of hydrogen-bond acceptors (Lipinski definition) is 8. The molecule has 0 fully saturated rings. The average molecular weight is 436 g/mol. The molecule has 1 heterocycles. The summed E-state index contributed by atoms with van der Waals surface area (Å²) in [5.41, 5.74) is 6.57. The van der Waals surface area contributed by atoms with E-state index in [1.165, 1.54) is 0 Å². The molecule has 166 valence electrons. The quantitative estimate of drug-likeness (QED) is 0.656. The van der Waals surface area contributed by atoms with E-state index in [9.17, 15) is 14.9 Å². The SMILES string of the molecule is CCOC(=O)CC1=C(OCC)C(=O)C(c2ccc(OC)c3ccccc23)C(C#N)=C(N)O1. The number of benzene rings is 2. The van der Waals surface area contributed by atoms with Crippen LogP contribution in [0, 0.1) is 11.3 Å². The number of carbonyl (C=O) groups is 2. The molecule has 0 saturated heterocycles. The van der Waals surface area contributed by atoms with Crippen molar-refractivity contribution in [1.82, 2.24) is 0 Å². The predicted octanol–water partition coefficient (Wildman–Crippen LogP) is 3.43. The number of Topliss-reactive ketones (excluding diaryl/α,β-unsaturated/α-hetero) is 1. The smallest absolute Gasteiger partial charge is 0.313 e. The largest absolute Gasteiger partial charge is 0.496 e. The van der Waals surface area contributed by atoms with Gasteiger partial charge in [0.15, 0.2) is 5.76 Å². The molecule has 3 rings (SSSR count). The van der Waals surface area contributed by atoms with Crippen LogP contribution in [0.25, 0.3) is 10.8 Å². The van der Waals surface area contributed by atoms with E-state index in [-0.39, 0.29) is 42.6 Å². The Morgan fingerprint density at radius 2 is 1.88 bits per heavy atom. The van der Waals surface area contributed by atoms with Gasteiger partial charge in [-0.15, -0.1) is 0 Å². The molecule has 0 amide bonds. The van der Waals surface area contributed by atoms with Crippen molar-refractivity contribution in [3.8, 4) is 11.8 Å². The molecule has 0 aromatic heterocycles. The van der Waals surface area contributed by atoms with Crippen molar-refractivity contribution in [2.45, 2.75) is 26.2 Å². The van der Waals surface area contributed by atoms with Gasteiger partial charge >= 0.3 is 5.97 Å². The lowest BCUT2D eigenvalue weighted by Crippen LogP contribution is -2.20. The summed E-state index contributed by atoms with van der Waals surface area (Å²) in [7, 11) is 1.56. The molecule has 0 radical (unpaired) electrons. The summed E-state index contributed by atoms with van der Waals surface area (Å²) >= 11 is 0. The fraction of sp³-hybridized carbons (Fsp3) is 0.292. The van der Waals surface area contributed by atoms with Gasteiger partial charge in [0.2, 0.25) is 17.4 Å². The number of fused-ring (bicyclic) bond motifs is 1. The Labute approximate surface area is 185 Å². The first-order valence-corrected chi connectivity index (χ1v) is 10.2. The molecule has 8 heteroatoms. The predicted molar refractivity (Wildman–Crippen MR) is 116 cm³/mol. The van der Waals surface area contributed by atoms with Crippen molar-refractivity contribution in [2.24, 2.45) is 5.73 Å². The van der Waals surface area contributed by atoms with Crippen LogP contribution < -0.4 is 10.5 Å². The maximum Gasteiger partial charge on any atom is 0.313 e. The van der Waals surface area contributed by atoms with E-state index in [0.29, 0.717) is 11.3 Å². The van der Waals surface area contributed by atoms with E-state index < -0.39 is 17.7 Å².